The lowest BCUT2D eigenvalue weighted by Gasteiger charge is -2.24. The highest BCUT2D eigenvalue weighted by atomic mass is 32.1. The summed E-state index contributed by atoms with van der Waals surface area (Å²) in [5, 5.41) is 0. The third-order valence-corrected chi connectivity index (χ3v) is 6.79. The Morgan fingerprint density at radius 2 is 1.94 bits per heavy atom. The molecule has 32 heavy (non-hydrogen) atoms. The Morgan fingerprint density at radius 1 is 1.25 bits per heavy atom. The van der Waals surface area contributed by atoms with Crippen molar-refractivity contribution in [2.45, 2.75) is 33.7 Å². The van der Waals surface area contributed by atoms with E-state index >= 15 is 0 Å². The highest BCUT2D eigenvalue weighted by Crippen LogP contribution is 2.30. The Bertz CT molecular complexity index is 1420. The Balaban J connectivity index is 1.97. The Kier molecular flexibility index (Phi) is 5.73. The number of allylic oxidation sites excluding steroid dienone is 1. The maximum Gasteiger partial charge on any atom is 0.338 e. The molecule has 0 saturated heterocycles. The molecule has 0 aliphatic carbocycles. The molecule has 0 amide bonds. The van der Waals surface area contributed by atoms with Gasteiger partial charge in [0.1, 0.15) is 5.82 Å². The maximum atomic E-state index is 13.6. The molecule has 1 aliphatic rings. The minimum absolute atomic E-state index is 0.197. The topological polar surface area (TPSA) is 65.6 Å². The van der Waals surface area contributed by atoms with Gasteiger partial charge in [-0.15, -0.1) is 0 Å². The summed E-state index contributed by atoms with van der Waals surface area (Å²) in [5.41, 5.74) is 4.22. The molecule has 1 aromatic carbocycles. The molecule has 0 radical (unpaired) electrons. The van der Waals surface area contributed by atoms with Crippen LogP contribution in [0.4, 0.5) is 4.39 Å². The highest BCUT2D eigenvalue weighted by molar-refractivity contribution is 7.07. The molecule has 0 saturated carbocycles. The molecule has 2 aromatic heterocycles. The van der Waals surface area contributed by atoms with Crippen LogP contribution in [0.2, 0.25) is 0 Å². The van der Waals surface area contributed by atoms with Crippen LogP contribution < -0.4 is 14.9 Å². The second kappa shape index (κ2) is 8.35. The molecule has 1 atom stereocenters. The summed E-state index contributed by atoms with van der Waals surface area (Å²) in [4.78, 5) is 31.4. The van der Waals surface area contributed by atoms with Crippen molar-refractivity contribution in [1.82, 2.24) is 9.13 Å². The monoisotopic (exact) mass is 453 g/mol. The Hall–Kier alpha value is -3.26. The molecule has 6 nitrogen and oxygen atoms in total. The molecule has 1 aliphatic heterocycles. The molecule has 0 N–H and O–H groups in total. The minimum atomic E-state index is -0.744. The van der Waals surface area contributed by atoms with Gasteiger partial charge < -0.3 is 9.30 Å². The first kappa shape index (κ1) is 22.0. The number of ether oxygens (including phenoxy) is 1. The van der Waals surface area contributed by atoms with E-state index in [9.17, 15) is 14.0 Å². The van der Waals surface area contributed by atoms with Crippen molar-refractivity contribution in [3.05, 3.63) is 89.6 Å². The van der Waals surface area contributed by atoms with E-state index < -0.39 is 17.8 Å². The summed E-state index contributed by atoms with van der Waals surface area (Å²) in [6, 6.07) is 7.09. The average Bonchev–Trinajstić information content (AvgIpc) is 3.18. The van der Waals surface area contributed by atoms with E-state index in [4.69, 9.17) is 4.74 Å². The second-order valence-electron chi connectivity index (χ2n) is 7.74. The van der Waals surface area contributed by atoms with Crippen LogP contribution >= 0.6 is 11.3 Å². The number of benzene rings is 1. The summed E-state index contributed by atoms with van der Waals surface area (Å²) < 4.78 is 23.0. The van der Waals surface area contributed by atoms with E-state index in [0.717, 1.165) is 17.0 Å². The molecule has 0 unspecified atom stereocenters. The van der Waals surface area contributed by atoms with E-state index in [1.807, 2.05) is 33.0 Å². The number of rotatable bonds is 4. The fourth-order valence-electron chi connectivity index (χ4n) is 3.92. The first-order chi connectivity index (χ1) is 15.2. The first-order valence-electron chi connectivity index (χ1n) is 10.3. The van der Waals surface area contributed by atoms with Crippen LogP contribution in [0.15, 0.2) is 51.4 Å². The molecule has 0 fully saturated rings. The van der Waals surface area contributed by atoms with Gasteiger partial charge in [0.15, 0.2) is 4.80 Å². The highest BCUT2D eigenvalue weighted by Gasteiger charge is 2.33. The van der Waals surface area contributed by atoms with Crippen LogP contribution in [0.25, 0.3) is 6.08 Å². The summed E-state index contributed by atoms with van der Waals surface area (Å²) in [6.45, 7) is 7.66. The van der Waals surface area contributed by atoms with Gasteiger partial charge in [-0.25, -0.2) is 14.2 Å². The number of thiazole rings is 1. The van der Waals surface area contributed by atoms with Crippen molar-refractivity contribution in [3.8, 4) is 0 Å². The Morgan fingerprint density at radius 3 is 2.53 bits per heavy atom. The minimum Gasteiger partial charge on any atom is -0.463 e. The van der Waals surface area contributed by atoms with Gasteiger partial charge in [0.05, 0.1) is 28.5 Å². The number of carbonyl (C=O) groups excluding carboxylic acids is 1. The third kappa shape index (κ3) is 3.64. The maximum absolute atomic E-state index is 13.6. The number of halogens is 1. The van der Waals surface area contributed by atoms with Crippen molar-refractivity contribution < 1.29 is 13.9 Å². The second-order valence-corrected chi connectivity index (χ2v) is 8.75. The number of fused-ring (bicyclic) bond motifs is 1. The van der Waals surface area contributed by atoms with Crippen molar-refractivity contribution in [2.75, 3.05) is 6.61 Å². The predicted octanol–water partition coefficient (Wildman–Crippen LogP) is 2.89. The predicted molar refractivity (Wildman–Crippen MR) is 122 cm³/mol. The molecular weight excluding hydrogens is 429 g/mol. The fourth-order valence-corrected chi connectivity index (χ4v) is 4.96. The number of hydrogen-bond acceptors (Lipinski definition) is 5. The van der Waals surface area contributed by atoms with Gasteiger partial charge in [-0.2, -0.15) is 0 Å². The van der Waals surface area contributed by atoms with Crippen molar-refractivity contribution in [3.63, 3.8) is 0 Å². The quantitative estimate of drug-likeness (QED) is 0.571. The number of aryl methyl sites for hydroxylation is 1. The van der Waals surface area contributed by atoms with Gasteiger partial charge in [0, 0.05) is 18.4 Å². The van der Waals surface area contributed by atoms with Crippen LogP contribution in [-0.4, -0.2) is 21.7 Å². The lowest BCUT2D eigenvalue weighted by atomic mass is 9.96. The zero-order chi connectivity index (χ0) is 23.2. The number of hydrogen-bond donors (Lipinski definition) is 0. The van der Waals surface area contributed by atoms with Gasteiger partial charge in [0.25, 0.3) is 5.56 Å². The SMILES string of the molecule is CCOC(=O)C1=C(C)N=c2s/c(=C/c3cc(C)n(C)c3C)c(=O)n2[C@H]1c1ccc(F)cc1. The van der Waals surface area contributed by atoms with Crippen molar-refractivity contribution >= 4 is 23.4 Å². The van der Waals surface area contributed by atoms with E-state index in [1.165, 1.54) is 28.0 Å². The molecule has 166 valence electrons. The van der Waals surface area contributed by atoms with E-state index in [-0.39, 0.29) is 17.7 Å². The average molecular weight is 454 g/mol. The summed E-state index contributed by atoms with van der Waals surface area (Å²) in [6.07, 6.45) is 1.86. The zero-order valence-electron chi connectivity index (χ0n) is 18.6. The number of nitrogens with zero attached hydrogens (tertiary/aromatic N) is 3. The molecule has 0 spiro atoms. The van der Waals surface area contributed by atoms with Crippen LogP contribution in [0, 0.1) is 19.7 Å². The normalized spacial score (nSPS) is 16.2. The molecule has 8 heteroatoms. The molecule has 0 bridgehead atoms. The molecule has 3 heterocycles. The largest absolute Gasteiger partial charge is 0.463 e. The first-order valence-corrected chi connectivity index (χ1v) is 11.1. The molecule has 3 aromatic rings. The lowest BCUT2D eigenvalue weighted by molar-refractivity contribution is -0.139. The third-order valence-electron chi connectivity index (χ3n) is 5.80. The summed E-state index contributed by atoms with van der Waals surface area (Å²) >= 11 is 1.27. The van der Waals surface area contributed by atoms with Crippen LogP contribution in [0.5, 0.6) is 0 Å². The van der Waals surface area contributed by atoms with Crippen molar-refractivity contribution in [2.24, 2.45) is 12.0 Å². The van der Waals surface area contributed by atoms with E-state index in [2.05, 4.69) is 9.56 Å². The van der Waals surface area contributed by atoms with Crippen LogP contribution in [-0.2, 0) is 16.6 Å². The molecular formula is C24H24FN3O3S. The number of carbonyl (C=O) groups is 1. The molecule has 4 rings (SSSR count). The van der Waals surface area contributed by atoms with Gasteiger partial charge in [-0.1, -0.05) is 23.5 Å². The number of aromatic nitrogens is 2. The van der Waals surface area contributed by atoms with Crippen LogP contribution in [0.3, 0.4) is 0 Å². The zero-order valence-corrected chi connectivity index (χ0v) is 19.4. The van der Waals surface area contributed by atoms with Gasteiger partial charge >= 0.3 is 5.97 Å². The Labute approximate surface area is 188 Å². The summed E-state index contributed by atoms with van der Waals surface area (Å²) in [7, 11) is 1.98. The van der Waals surface area contributed by atoms with Gasteiger partial charge in [-0.3, -0.25) is 9.36 Å². The van der Waals surface area contributed by atoms with Crippen molar-refractivity contribution in [1.29, 1.82) is 0 Å². The van der Waals surface area contributed by atoms with Gasteiger partial charge in [-0.05, 0) is 63.1 Å². The standard InChI is InChI=1S/C24H24FN3O3S/c1-6-31-23(30)20-14(3)26-24-28(21(20)16-7-9-18(25)10-8-16)22(29)19(32-24)12-17-11-13(2)27(5)15(17)4/h7-12,21H,6H2,1-5H3/b19-12+/t21-/m0/s1. The lowest BCUT2D eigenvalue weighted by Crippen LogP contribution is -2.39. The van der Waals surface area contributed by atoms with Gasteiger partial charge in [0.2, 0.25) is 0 Å². The fraction of sp³-hybridized carbons (Fsp3) is 0.292. The summed E-state index contributed by atoms with van der Waals surface area (Å²) in [5.74, 6) is -0.929. The van der Waals surface area contributed by atoms with E-state index in [1.54, 1.807) is 26.0 Å². The smallest absolute Gasteiger partial charge is 0.338 e. The van der Waals surface area contributed by atoms with Crippen LogP contribution in [0.1, 0.15) is 42.4 Å². The number of esters is 1. The van der Waals surface area contributed by atoms with E-state index in [0.29, 0.717) is 20.6 Å².